The maximum absolute atomic E-state index is 14.4. The number of phosphoric ester groups is 1. The number of unbranched alkanes of at least 4 members (excludes halogenated alkanes) is 18. The molecule has 33 nitrogen and oxygen atoms in total. The van der Waals surface area contributed by atoms with Gasteiger partial charge in [0.15, 0.2) is 31.3 Å². The molecular formula is C68H119O33P. The van der Waals surface area contributed by atoms with E-state index in [2.05, 4.69) is 50.3 Å². The first-order valence-corrected chi connectivity index (χ1v) is 37.8. The highest BCUT2D eigenvalue weighted by atomic mass is 31.2. The number of aliphatic hydroxyl groups is 17. The Labute approximate surface area is 596 Å². The van der Waals surface area contributed by atoms with Crippen molar-refractivity contribution in [1.82, 2.24) is 0 Å². The van der Waals surface area contributed by atoms with Gasteiger partial charge < -0.3 is 139 Å². The topological polar surface area (TPSA) is 526 Å². The van der Waals surface area contributed by atoms with Crippen LogP contribution in [0.5, 0.6) is 0 Å². The third-order valence-electron chi connectivity index (χ3n) is 18.6. The lowest BCUT2D eigenvalue weighted by molar-refractivity contribution is -0.365. The van der Waals surface area contributed by atoms with Gasteiger partial charge >= 0.3 is 19.8 Å². The number of ether oxygens (including phenoxy) is 10. The third-order valence-corrected chi connectivity index (χ3v) is 19.6. The van der Waals surface area contributed by atoms with Crippen LogP contribution in [0.4, 0.5) is 0 Å². The van der Waals surface area contributed by atoms with Crippen LogP contribution in [0, 0.1) is 0 Å². The lowest BCUT2D eigenvalue weighted by atomic mass is 9.84. The molecule has 0 aromatic rings. The van der Waals surface area contributed by atoms with E-state index in [0.29, 0.717) is 25.7 Å². The van der Waals surface area contributed by atoms with Crippen molar-refractivity contribution in [2.24, 2.45) is 0 Å². The predicted molar refractivity (Wildman–Crippen MR) is 356 cm³/mol. The van der Waals surface area contributed by atoms with Gasteiger partial charge in [0.05, 0.1) is 33.0 Å². The van der Waals surface area contributed by atoms with Gasteiger partial charge in [-0.15, -0.1) is 0 Å². The summed E-state index contributed by atoms with van der Waals surface area (Å²) in [4.78, 5) is 38.1. The van der Waals surface area contributed by atoms with E-state index in [4.69, 9.17) is 56.4 Å². The Balaban J connectivity index is 1.29. The Morgan fingerprint density at radius 1 is 0.392 bits per heavy atom. The zero-order valence-electron chi connectivity index (χ0n) is 58.6. The highest BCUT2D eigenvalue weighted by Crippen LogP contribution is 2.49. The van der Waals surface area contributed by atoms with Crippen LogP contribution < -0.4 is 0 Å². The van der Waals surface area contributed by atoms with E-state index in [9.17, 15) is 106 Å². The van der Waals surface area contributed by atoms with Crippen molar-refractivity contribution in [2.45, 2.75) is 340 Å². The maximum Gasteiger partial charge on any atom is 0.472 e. The Bertz CT molecular complexity index is 2430. The second-order valence-electron chi connectivity index (χ2n) is 26.9. The number of aliphatic hydroxyl groups excluding tert-OH is 17. The molecule has 12 unspecified atom stereocenters. The van der Waals surface area contributed by atoms with Crippen molar-refractivity contribution in [3.63, 3.8) is 0 Å². The zero-order valence-corrected chi connectivity index (χ0v) is 59.5. The van der Waals surface area contributed by atoms with Gasteiger partial charge in [-0.1, -0.05) is 134 Å². The number of allylic oxidation sites excluding steroid dienone is 6. The van der Waals surface area contributed by atoms with Crippen molar-refractivity contribution in [2.75, 3.05) is 39.6 Å². The van der Waals surface area contributed by atoms with Crippen LogP contribution in [0.1, 0.15) is 174 Å². The molecule has 28 atom stereocenters. The first-order valence-electron chi connectivity index (χ1n) is 36.3. The zero-order chi connectivity index (χ0) is 74.9. The number of hydrogen-bond acceptors (Lipinski definition) is 32. The van der Waals surface area contributed by atoms with Crippen LogP contribution in [-0.2, 0) is 70.6 Å². The fourth-order valence-electron chi connectivity index (χ4n) is 12.3. The van der Waals surface area contributed by atoms with Gasteiger partial charge in [0.25, 0.3) is 0 Å². The normalized spacial score (nSPS) is 36.4. The van der Waals surface area contributed by atoms with E-state index >= 15 is 0 Å². The van der Waals surface area contributed by atoms with Crippen LogP contribution in [0.25, 0.3) is 0 Å². The Kier molecular flexibility index (Phi) is 42.2. The van der Waals surface area contributed by atoms with E-state index in [1.807, 2.05) is 0 Å². The van der Waals surface area contributed by atoms with Gasteiger partial charge in [0.1, 0.15) is 141 Å². The monoisotopic (exact) mass is 1490 g/mol. The molecule has 4 saturated heterocycles. The molecule has 1 saturated carbocycles. The Hall–Kier alpha value is -2.73. The number of carbonyl (C=O) groups excluding carboxylic acids is 2. The van der Waals surface area contributed by atoms with Gasteiger partial charge in [-0.05, 0) is 64.2 Å². The molecule has 102 heavy (non-hydrogen) atoms. The quantitative estimate of drug-likeness (QED) is 0.0158. The lowest BCUT2D eigenvalue weighted by Crippen LogP contribution is -2.69. The van der Waals surface area contributed by atoms with Crippen LogP contribution in [0.15, 0.2) is 36.5 Å². The standard InChI is InChI=1S/C68H119O33P/c1-3-5-7-9-11-13-15-17-18-19-21-22-24-26-28-30-32-45(71)90-36-40(94-46(72)33-31-29-27-25-23-20-16-14-12-10-8-6-4-2)37-93-102(88,89)101-64-62(99-67-60(86)52(78)48(74)42(35-70)96-67)56(82)55(81)57(83)63(64)100-68-61(87)54(80)50(76)44(98-68)39-92-66-59(85)53(79)49(75)43(97-66)38-91-65-58(84)51(77)47(73)41(34-69)95-65/h8,10,14,16,18-19,40-44,47-70,73-87H,3-7,9,11-13,15,17,20-39H2,1-2H3,(H,88,89)/b10-8-,16-14-,19-18-/t40-,41?,42?,43?,44?,47+,48-,49+,50+,51?,52?,53?,54?,55+,56?,57?,58+,59+,60-,61+,62-,63?,64+,65-,66-,67-,68+/m1/s1. The van der Waals surface area contributed by atoms with E-state index < -0.39 is 225 Å². The molecule has 4 heterocycles. The smallest absolute Gasteiger partial charge is 0.462 e. The molecule has 4 aliphatic heterocycles. The fourth-order valence-corrected chi connectivity index (χ4v) is 13.2. The SMILES string of the molecule is CCC/C=C\C/C=C\CCCCCCCC(=O)O[C@H](COC(=O)CCCCCCC/C=C\CCCCCCCCC)COP(=O)(O)O[C@@H]1C(O[C@@H]2OC(CO[C@@H]3OC(CO[C@@H]4OC(CO)[C@H](O)C(O)[C@@H]4O)[C@H](O)C(O)[C@@H]3O)[C@H](O)C(O)[C@@H]2O)C(O)[C@@H](O)C(O)[C@H]1O[C@H]1OC(CO)[C@@H](O)C(O)[C@H]1O. The van der Waals surface area contributed by atoms with Gasteiger partial charge in [0, 0.05) is 12.8 Å². The first-order chi connectivity index (χ1) is 48.8. The Morgan fingerprint density at radius 2 is 0.755 bits per heavy atom. The highest BCUT2D eigenvalue weighted by Gasteiger charge is 2.59. The molecule has 5 aliphatic rings. The van der Waals surface area contributed by atoms with Crippen molar-refractivity contribution in [1.29, 1.82) is 0 Å². The second-order valence-corrected chi connectivity index (χ2v) is 28.3. The van der Waals surface area contributed by atoms with Crippen molar-refractivity contribution < 1.29 is 162 Å². The van der Waals surface area contributed by atoms with Gasteiger partial charge in [0.2, 0.25) is 0 Å². The van der Waals surface area contributed by atoms with Crippen LogP contribution in [0.2, 0.25) is 0 Å². The van der Waals surface area contributed by atoms with Gasteiger partial charge in [-0.2, -0.15) is 0 Å². The molecular weight excluding hydrogens is 1380 g/mol. The van der Waals surface area contributed by atoms with E-state index in [0.717, 1.165) is 77.0 Å². The molecule has 0 amide bonds. The van der Waals surface area contributed by atoms with Crippen molar-refractivity contribution in [3.8, 4) is 0 Å². The average molecular weight is 1500 g/mol. The van der Waals surface area contributed by atoms with Gasteiger partial charge in [-0.25, -0.2) is 4.57 Å². The highest BCUT2D eigenvalue weighted by molar-refractivity contribution is 7.47. The van der Waals surface area contributed by atoms with Crippen LogP contribution in [-0.4, -0.2) is 309 Å². The number of esters is 2. The molecule has 594 valence electrons. The van der Waals surface area contributed by atoms with E-state index in [1.165, 1.54) is 44.9 Å². The molecule has 0 aromatic heterocycles. The predicted octanol–water partition coefficient (Wildman–Crippen LogP) is -0.481. The number of rotatable bonds is 48. The molecule has 18 N–H and O–H groups in total. The molecule has 0 radical (unpaired) electrons. The summed E-state index contributed by atoms with van der Waals surface area (Å²) in [5.74, 6) is -1.48. The largest absolute Gasteiger partial charge is 0.472 e. The third kappa shape index (κ3) is 29.0. The number of carbonyl (C=O) groups is 2. The summed E-state index contributed by atoms with van der Waals surface area (Å²) in [6, 6.07) is 0. The summed E-state index contributed by atoms with van der Waals surface area (Å²) in [5.41, 5.74) is 0. The first kappa shape index (κ1) is 89.9. The Morgan fingerprint density at radius 3 is 1.21 bits per heavy atom. The second kappa shape index (κ2) is 47.9. The molecule has 0 spiro atoms. The molecule has 0 aromatic carbocycles. The molecule has 5 rings (SSSR count). The average Bonchev–Trinajstić information content (AvgIpc) is 0.761. The minimum atomic E-state index is -5.82. The molecule has 34 heteroatoms. The number of hydrogen-bond donors (Lipinski definition) is 18. The molecule has 0 bridgehead atoms. The lowest BCUT2D eigenvalue weighted by Gasteiger charge is -2.49. The summed E-state index contributed by atoms with van der Waals surface area (Å²) >= 11 is 0. The van der Waals surface area contributed by atoms with Crippen molar-refractivity contribution in [3.05, 3.63) is 36.5 Å². The summed E-state index contributed by atoms with van der Waals surface area (Å²) in [6.45, 7) is -1.02. The summed E-state index contributed by atoms with van der Waals surface area (Å²) in [7, 11) is -5.82. The van der Waals surface area contributed by atoms with E-state index in [1.54, 1.807) is 0 Å². The minimum Gasteiger partial charge on any atom is -0.462 e. The fraction of sp³-hybridized carbons (Fsp3) is 0.882. The maximum atomic E-state index is 14.4. The summed E-state index contributed by atoms with van der Waals surface area (Å²) in [5, 5.41) is 183. The molecule has 1 aliphatic carbocycles. The van der Waals surface area contributed by atoms with Crippen LogP contribution in [0.3, 0.4) is 0 Å². The van der Waals surface area contributed by atoms with Crippen LogP contribution >= 0.6 is 7.82 Å². The number of phosphoric acid groups is 1. The summed E-state index contributed by atoms with van der Waals surface area (Å²) in [6.07, 6.45) is -21.0. The summed E-state index contributed by atoms with van der Waals surface area (Å²) < 4.78 is 81.4. The molecule has 5 fully saturated rings. The minimum absolute atomic E-state index is 0.0191. The van der Waals surface area contributed by atoms with Gasteiger partial charge in [-0.3, -0.25) is 18.6 Å². The van der Waals surface area contributed by atoms with Crippen molar-refractivity contribution >= 4 is 19.8 Å². The van der Waals surface area contributed by atoms with E-state index in [-0.39, 0.29) is 12.8 Å².